The van der Waals surface area contributed by atoms with Crippen molar-refractivity contribution in [2.75, 3.05) is 0 Å². The smallest absolute Gasteiger partial charge is 0.178 e. The van der Waals surface area contributed by atoms with E-state index in [9.17, 15) is 14.9 Å². The fourth-order valence-electron chi connectivity index (χ4n) is 9.88. The van der Waals surface area contributed by atoms with Crippen LogP contribution in [-0.2, 0) is 9.59 Å². The molecule has 7 atom stereocenters. The van der Waals surface area contributed by atoms with Crippen LogP contribution in [-0.4, -0.2) is 17.1 Å². The van der Waals surface area contributed by atoms with Crippen molar-refractivity contribution < 1.29 is 9.59 Å². The first-order chi connectivity index (χ1) is 16.1. The van der Waals surface area contributed by atoms with Crippen molar-refractivity contribution in [2.24, 2.45) is 50.7 Å². The molecule has 3 saturated carbocycles. The zero-order valence-electron chi connectivity index (χ0n) is 22.7. The van der Waals surface area contributed by atoms with Gasteiger partial charge in [0, 0.05) is 22.3 Å². The Morgan fingerprint density at radius 1 is 1.00 bits per heavy atom. The highest BCUT2D eigenvalue weighted by Crippen LogP contribution is 2.73. The summed E-state index contributed by atoms with van der Waals surface area (Å²) in [7, 11) is 0. The molecule has 0 aromatic rings. The number of nitrogens with two attached hydrogens (primary N) is 1. The number of carbonyl (C=O) groups excluding carboxylic acids is 2. The van der Waals surface area contributed by atoms with Gasteiger partial charge < -0.3 is 0 Å². The summed E-state index contributed by atoms with van der Waals surface area (Å²) in [6.07, 6.45) is 10.8. The molecule has 5 rings (SSSR count). The predicted molar refractivity (Wildman–Crippen MR) is 137 cm³/mol. The standard InChI is InChI=1S/C30H43N3O2/c1-25(2)10-12-30(33-32)13-11-29(7)23(19(30)16-25)20(34)14-22-27(5)15-18(17-31)24(35)26(3,4)21(27)8-9-28(22,29)6/h14-15,19,21,23,33H,8-13,16,32H2,1-7H3/t19-,21-,23-,27-,28+,29+,30-/m0/s1. The van der Waals surface area contributed by atoms with Gasteiger partial charge in [0.15, 0.2) is 11.6 Å². The lowest BCUT2D eigenvalue weighted by molar-refractivity contribution is -0.161. The number of nitriles is 1. The third-order valence-corrected chi connectivity index (χ3v) is 12.1. The minimum atomic E-state index is -0.629. The van der Waals surface area contributed by atoms with Crippen LogP contribution in [0, 0.1) is 56.2 Å². The molecule has 0 heterocycles. The zero-order chi connectivity index (χ0) is 25.8. The number of hydrogen-bond acceptors (Lipinski definition) is 5. The Balaban J connectivity index is 1.70. The molecule has 5 aliphatic rings. The normalized spacial score (nSPS) is 47.8. The van der Waals surface area contributed by atoms with Crippen molar-refractivity contribution in [3.05, 3.63) is 23.3 Å². The SMILES string of the molecule is CC1(C)CC[C@]2(NN)CC[C@]3(C)[C@H](C(=O)C=C4[C@@]5(C)C=C(C#N)C(=O)C(C)(C)[C@@H]5CC[C@]43C)[C@@H]2C1. The van der Waals surface area contributed by atoms with E-state index in [-0.39, 0.29) is 56.7 Å². The molecule has 0 aromatic heterocycles. The van der Waals surface area contributed by atoms with Crippen molar-refractivity contribution >= 4 is 11.6 Å². The van der Waals surface area contributed by atoms with E-state index in [0.717, 1.165) is 50.5 Å². The van der Waals surface area contributed by atoms with Crippen LogP contribution in [0.25, 0.3) is 0 Å². The van der Waals surface area contributed by atoms with E-state index in [1.807, 2.05) is 26.0 Å². The molecule has 3 fully saturated rings. The summed E-state index contributed by atoms with van der Waals surface area (Å²) >= 11 is 0. The van der Waals surface area contributed by atoms with Crippen LogP contribution in [0.4, 0.5) is 0 Å². The average molecular weight is 478 g/mol. The quantitative estimate of drug-likeness (QED) is 0.388. The Hall–Kier alpha value is -1.77. The van der Waals surface area contributed by atoms with Crippen LogP contribution < -0.4 is 11.3 Å². The minimum Gasteiger partial charge on any atom is -0.295 e. The second-order valence-corrected chi connectivity index (χ2v) is 14.6. The summed E-state index contributed by atoms with van der Waals surface area (Å²) in [6, 6.07) is 2.19. The number of hydrazine groups is 1. The Kier molecular flexibility index (Phi) is 5.10. The number of ketones is 2. The first-order valence-electron chi connectivity index (χ1n) is 13.5. The lowest BCUT2D eigenvalue weighted by Gasteiger charge is -2.69. The molecular formula is C30H43N3O2. The van der Waals surface area contributed by atoms with Gasteiger partial charge in [0.2, 0.25) is 0 Å². The summed E-state index contributed by atoms with van der Waals surface area (Å²) in [6.45, 7) is 15.6. The summed E-state index contributed by atoms with van der Waals surface area (Å²) < 4.78 is 0. The van der Waals surface area contributed by atoms with Gasteiger partial charge in [0.25, 0.3) is 0 Å². The highest BCUT2D eigenvalue weighted by Gasteiger charge is 2.69. The van der Waals surface area contributed by atoms with Crippen LogP contribution in [0.1, 0.15) is 93.4 Å². The molecule has 0 saturated heterocycles. The molecule has 5 nitrogen and oxygen atoms in total. The molecule has 0 aliphatic heterocycles. The van der Waals surface area contributed by atoms with Crippen molar-refractivity contribution in [1.29, 1.82) is 5.26 Å². The first kappa shape index (κ1) is 24.9. The third kappa shape index (κ3) is 2.93. The van der Waals surface area contributed by atoms with E-state index in [1.165, 1.54) is 0 Å². The van der Waals surface area contributed by atoms with Gasteiger partial charge in [0.05, 0.1) is 5.57 Å². The van der Waals surface area contributed by atoms with Crippen molar-refractivity contribution in [3.8, 4) is 6.07 Å². The Morgan fingerprint density at radius 3 is 2.29 bits per heavy atom. The van der Waals surface area contributed by atoms with Gasteiger partial charge in [-0.1, -0.05) is 60.1 Å². The molecular weight excluding hydrogens is 434 g/mol. The average Bonchev–Trinajstić information content (AvgIpc) is 2.77. The summed E-state index contributed by atoms with van der Waals surface area (Å²) in [5.41, 5.74) is 3.19. The van der Waals surface area contributed by atoms with E-state index in [0.29, 0.717) is 0 Å². The molecule has 0 spiro atoms. The van der Waals surface area contributed by atoms with Crippen LogP contribution in [0.3, 0.4) is 0 Å². The van der Waals surface area contributed by atoms with Crippen LogP contribution in [0.15, 0.2) is 23.3 Å². The third-order valence-electron chi connectivity index (χ3n) is 12.1. The lowest BCUT2D eigenvalue weighted by atomic mass is 9.35. The largest absolute Gasteiger partial charge is 0.295 e. The number of carbonyl (C=O) groups is 2. The fourth-order valence-corrected chi connectivity index (χ4v) is 9.88. The molecule has 0 radical (unpaired) electrons. The maximum absolute atomic E-state index is 14.3. The second kappa shape index (κ2) is 7.17. The number of Topliss-reactive ketones (excluding diaryl/α,β-unsaturated/α-hetero) is 1. The topological polar surface area (TPSA) is 96.0 Å². The number of rotatable bonds is 1. The van der Waals surface area contributed by atoms with Gasteiger partial charge in [0.1, 0.15) is 6.07 Å². The molecule has 0 amide bonds. The Labute approximate surface area is 210 Å². The van der Waals surface area contributed by atoms with E-state index >= 15 is 0 Å². The van der Waals surface area contributed by atoms with E-state index in [1.54, 1.807) is 0 Å². The van der Waals surface area contributed by atoms with Crippen LogP contribution in [0.2, 0.25) is 0 Å². The van der Waals surface area contributed by atoms with Crippen LogP contribution >= 0.6 is 0 Å². The number of allylic oxidation sites excluding steroid dienone is 4. The van der Waals surface area contributed by atoms with Gasteiger partial charge in [-0.05, 0) is 79.1 Å². The molecule has 3 N–H and O–H groups in total. The van der Waals surface area contributed by atoms with Gasteiger partial charge in [-0.25, -0.2) is 0 Å². The lowest BCUT2D eigenvalue weighted by Crippen LogP contribution is -2.70. The highest BCUT2D eigenvalue weighted by molar-refractivity contribution is 6.04. The summed E-state index contributed by atoms with van der Waals surface area (Å²) in [5.74, 6) is 6.63. The Morgan fingerprint density at radius 2 is 1.66 bits per heavy atom. The molecule has 35 heavy (non-hydrogen) atoms. The molecule has 0 unspecified atom stereocenters. The first-order valence-corrected chi connectivity index (χ1v) is 13.5. The summed E-state index contributed by atoms with van der Waals surface area (Å²) in [5, 5.41) is 9.84. The monoisotopic (exact) mass is 477 g/mol. The molecule has 0 bridgehead atoms. The maximum atomic E-state index is 14.3. The minimum absolute atomic E-state index is 0.0567. The predicted octanol–water partition coefficient (Wildman–Crippen LogP) is 5.42. The van der Waals surface area contributed by atoms with Crippen LogP contribution in [0.5, 0.6) is 0 Å². The fraction of sp³-hybridized carbons (Fsp3) is 0.767. The number of nitrogens with zero attached hydrogens (tertiary/aromatic N) is 1. The van der Waals surface area contributed by atoms with Gasteiger partial charge in [-0.2, -0.15) is 5.26 Å². The van der Waals surface area contributed by atoms with Gasteiger partial charge >= 0.3 is 0 Å². The van der Waals surface area contributed by atoms with Crippen molar-refractivity contribution in [2.45, 2.75) is 99.0 Å². The Bertz CT molecular complexity index is 1110. The molecule has 0 aromatic carbocycles. The van der Waals surface area contributed by atoms with Gasteiger partial charge in [-0.15, -0.1) is 0 Å². The second-order valence-electron chi connectivity index (χ2n) is 14.6. The molecule has 5 heteroatoms. The van der Waals surface area contributed by atoms with E-state index < -0.39 is 10.8 Å². The van der Waals surface area contributed by atoms with Crippen molar-refractivity contribution in [3.63, 3.8) is 0 Å². The number of hydrogen-bond donors (Lipinski definition) is 2. The summed E-state index contributed by atoms with van der Waals surface area (Å²) in [4.78, 5) is 27.4. The molecule has 190 valence electrons. The van der Waals surface area contributed by atoms with E-state index in [2.05, 4.69) is 46.1 Å². The molecule has 5 aliphatic carbocycles. The maximum Gasteiger partial charge on any atom is 0.178 e. The number of nitrogens with one attached hydrogen (secondary N) is 1. The van der Waals surface area contributed by atoms with Gasteiger partial charge in [-0.3, -0.25) is 20.9 Å². The van der Waals surface area contributed by atoms with Crippen molar-refractivity contribution in [1.82, 2.24) is 5.43 Å². The number of fused-ring (bicyclic) bond motifs is 7. The van der Waals surface area contributed by atoms with E-state index in [4.69, 9.17) is 5.84 Å². The zero-order valence-corrected chi connectivity index (χ0v) is 22.7. The highest BCUT2D eigenvalue weighted by atomic mass is 16.1.